The van der Waals surface area contributed by atoms with E-state index in [2.05, 4.69) is 22.9 Å². The molecule has 0 bridgehead atoms. The molecule has 1 aliphatic carbocycles. The van der Waals surface area contributed by atoms with Crippen LogP contribution in [0.25, 0.3) is 10.2 Å². The van der Waals surface area contributed by atoms with E-state index in [1.807, 2.05) is 37.3 Å². The topological polar surface area (TPSA) is 63.6 Å². The van der Waals surface area contributed by atoms with Crippen LogP contribution >= 0.6 is 11.3 Å². The largest absolute Gasteiger partial charge is 0.496 e. The molecular formula is C28H35N3O3S. The van der Waals surface area contributed by atoms with Crippen molar-refractivity contribution in [1.82, 2.24) is 14.8 Å². The molecule has 1 fully saturated rings. The van der Waals surface area contributed by atoms with Crippen LogP contribution in [0.3, 0.4) is 0 Å². The first-order chi connectivity index (χ1) is 16.9. The Balaban J connectivity index is 1.55. The zero-order valence-corrected chi connectivity index (χ0v) is 21.7. The normalized spacial score (nSPS) is 21.1. The number of hydrogen-bond donors (Lipinski definition) is 1. The number of carbonyl (C=O) groups excluding carboxylic acids is 2. The van der Waals surface area contributed by atoms with Gasteiger partial charge in [0.15, 0.2) is 0 Å². The second-order valence-electron chi connectivity index (χ2n) is 10.1. The number of aromatic nitrogens is 1. The molecule has 2 aliphatic rings. The number of thiophene rings is 1. The molecule has 0 saturated heterocycles. The van der Waals surface area contributed by atoms with Crippen molar-refractivity contribution in [2.75, 3.05) is 7.11 Å². The van der Waals surface area contributed by atoms with E-state index >= 15 is 0 Å². The second-order valence-corrected chi connectivity index (χ2v) is 11.2. The van der Waals surface area contributed by atoms with Gasteiger partial charge in [-0.05, 0) is 44.4 Å². The Morgan fingerprint density at radius 3 is 2.63 bits per heavy atom. The maximum absolute atomic E-state index is 14.0. The lowest BCUT2D eigenvalue weighted by Crippen LogP contribution is -2.64. The molecule has 1 atom stereocenters. The molecule has 0 unspecified atom stereocenters. The molecule has 3 aromatic rings. The minimum Gasteiger partial charge on any atom is -0.496 e. The molecule has 1 aromatic carbocycles. The van der Waals surface area contributed by atoms with E-state index in [9.17, 15) is 9.59 Å². The van der Waals surface area contributed by atoms with Gasteiger partial charge in [-0.2, -0.15) is 0 Å². The number of aryl methyl sites for hydroxylation is 1. The summed E-state index contributed by atoms with van der Waals surface area (Å²) in [5.74, 6) is 0.551. The summed E-state index contributed by atoms with van der Waals surface area (Å²) < 4.78 is 8.75. The average molecular weight is 494 g/mol. The molecule has 7 heteroatoms. The fourth-order valence-corrected chi connectivity index (χ4v) is 6.62. The van der Waals surface area contributed by atoms with Gasteiger partial charge in [-0.3, -0.25) is 9.59 Å². The van der Waals surface area contributed by atoms with Gasteiger partial charge in [0, 0.05) is 16.5 Å². The van der Waals surface area contributed by atoms with Crippen LogP contribution in [-0.2, 0) is 24.3 Å². The van der Waals surface area contributed by atoms with Gasteiger partial charge in [0.2, 0.25) is 5.91 Å². The Morgan fingerprint density at radius 2 is 1.91 bits per heavy atom. The van der Waals surface area contributed by atoms with Crippen LogP contribution < -0.4 is 10.1 Å². The van der Waals surface area contributed by atoms with Crippen molar-refractivity contribution in [1.29, 1.82) is 0 Å². The zero-order valence-electron chi connectivity index (χ0n) is 20.9. The molecule has 1 N–H and O–H groups in total. The first kappa shape index (κ1) is 23.9. The molecule has 186 valence electrons. The second kappa shape index (κ2) is 9.69. The number of nitrogens with one attached hydrogen (secondary N) is 1. The van der Waals surface area contributed by atoms with Gasteiger partial charge in [-0.25, -0.2) is 0 Å². The summed E-state index contributed by atoms with van der Waals surface area (Å²) in [6.07, 6.45) is 7.71. The predicted octanol–water partition coefficient (Wildman–Crippen LogP) is 5.53. The van der Waals surface area contributed by atoms with Crippen molar-refractivity contribution in [2.45, 2.75) is 83.5 Å². The van der Waals surface area contributed by atoms with E-state index in [0.717, 1.165) is 53.6 Å². The van der Waals surface area contributed by atoms with E-state index < -0.39 is 5.54 Å². The van der Waals surface area contributed by atoms with Crippen LogP contribution in [-0.4, -0.2) is 40.0 Å². The van der Waals surface area contributed by atoms with Crippen LogP contribution in [0.15, 0.2) is 36.4 Å². The lowest BCUT2D eigenvalue weighted by Gasteiger charge is -2.44. The van der Waals surface area contributed by atoms with Gasteiger partial charge in [0.1, 0.15) is 17.0 Å². The maximum Gasteiger partial charge on any atom is 0.271 e. The molecular weight excluding hydrogens is 458 g/mol. The number of carbonyl (C=O) groups is 2. The van der Waals surface area contributed by atoms with Crippen molar-refractivity contribution < 1.29 is 14.3 Å². The smallest absolute Gasteiger partial charge is 0.271 e. The van der Waals surface area contributed by atoms with E-state index in [0.29, 0.717) is 18.8 Å². The van der Waals surface area contributed by atoms with Crippen LogP contribution in [0.1, 0.15) is 73.3 Å². The van der Waals surface area contributed by atoms with E-state index in [1.54, 1.807) is 23.3 Å². The monoisotopic (exact) mass is 493 g/mol. The fourth-order valence-electron chi connectivity index (χ4n) is 5.58. The number of ether oxygens (including phenoxy) is 1. The average Bonchev–Trinajstić information content (AvgIpc) is 3.30. The molecule has 35 heavy (non-hydrogen) atoms. The van der Waals surface area contributed by atoms with E-state index in [-0.39, 0.29) is 17.9 Å². The van der Waals surface area contributed by atoms with Crippen LogP contribution in [0.2, 0.25) is 0 Å². The first-order valence-electron chi connectivity index (χ1n) is 12.8. The summed E-state index contributed by atoms with van der Waals surface area (Å²) >= 11 is 1.73. The van der Waals surface area contributed by atoms with Gasteiger partial charge in [-0.15, -0.1) is 11.3 Å². The number of rotatable bonds is 6. The van der Waals surface area contributed by atoms with Crippen molar-refractivity contribution in [2.24, 2.45) is 0 Å². The highest BCUT2D eigenvalue weighted by Crippen LogP contribution is 2.37. The summed E-state index contributed by atoms with van der Waals surface area (Å²) in [6.45, 7) is 4.82. The zero-order chi connectivity index (χ0) is 24.6. The number of benzene rings is 1. The van der Waals surface area contributed by atoms with Crippen molar-refractivity contribution in [3.8, 4) is 5.75 Å². The number of fused-ring (bicyclic) bond motifs is 3. The molecule has 2 aromatic heterocycles. The molecule has 0 radical (unpaired) electrons. The van der Waals surface area contributed by atoms with E-state index in [4.69, 9.17) is 4.74 Å². The van der Waals surface area contributed by atoms with Crippen LogP contribution in [0.4, 0.5) is 0 Å². The third kappa shape index (κ3) is 4.35. The summed E-state index contributed by atoms with van der Waals surface area (Å²) in [5.41, 5.74) is 1.59. The van der Waals surface area contributed by atoms with Gasteiger partial charge in [0.05, 0.1) is 30.4 Å². The molecule has 3 heterocycles. The highest BCUT2D eigenvalue weighted by atomic mass is 32.1. The summed E-state index contributed by atoms with van der Waals surface area (Å²) in [7, 11) is 1.64. The molecule has 6 nitrogen and oxygen atoms in total. The van der Waals surface area contributed by atoms with Gasteiger partial charge in [-0.1, -0.05) is 50.8 Å². The maximum atomic E-state index is 14.0. The summed E-state index contributed by atoms with van der Waals surface area (Å²) in [5, 5.41) is 3.35. The lowest BCUT2D eigenvalue weighted by molar-refractivity contribution is -0.134. The number of nitrogens with zero attached hydrogens (tertiary/aromatic N) is 2. The summed E-state index contributed by atoms with van der Waals surface area (Å²) in [6, 6.07) is 12.1. The third-order valence-corrected chi connectivity index (χ3v) is 8.93. The number of hydrogen-bond acceptors (Lipinski definition) is 4. The lowest BCUT2D eigenvalue weighted by atomic mass is 9.92. The Kier molecular flexibility index (Phi) is 6.62. The predicted molar refractivity (Wildman–Crippen MR) is 140 cm³/mol. The van der Waals surface area contributed by atoms with Crippen molar-refractivity contribution in [3.05, 3.63) is 52.5 Å². The number of para-hydroxylation sites is 1. The molecule has 1 aliphatic heterocycles. The Hall–Kier alpha value is -2.80. The number of methoxy groups -OCH3 is 1. The van der Waals surface area contributed by atoms with Gasteiger partial charge >= 0.3 is 0 Å². The molecule has 5 rings (SSSR count). The van der Waals surface area contributed by atoms with Crippen LogP contribution in [0.5, 0.6) is 5.75 Å². The fraction of sp³-hybridized carbons (Fsp3) is 0.500. The summed E-state index contributed by atoms with van der Waals surface area (Å²) in [4.78, 5) is 31.0. The van der Waals surface area contributed by atoms with Crippen LogP contribution in [0, 0.1) is 0 Å². The van der Waals surface area contributed by atoms with Crippen molar-refractivity contribution in [3.63, 3.8) is 0 Å². The molecule has 1 saturated carbocycles. The number of amides is 2. The quantitative estimate of drug-likeness (QED) is 0.460. The third-order valence-electron chi connectivity index (χ3n) is 7.72. The van der Waals surface area contributed by atoms with Gasteiger partial charge in [0.25, 0.3) is 5.91 Å². The van der Waals surface area contributed by atoms with E-state index in [1.165, 1.54) is 17.7 Å². The standard InChI is InChI=1S/C28H35N3O3S/c1-4-21-15-22-25(35-21)16-23-26(32)31(17-19-11-9-10-14-24(19)34-3)28(2,18-30(22)23)27(33)29-20-12-7-5-6-8-13-20/h9-11,14-16,20H,4-8,12-13,17-18H2,1-3H3,(H,29,33)/t28-/m1/s1. The highest BCUT2D eigenvalue weighted by molar-refractivity contribution is 7.19. The Labute approximate surface area is 211 Å². The SMILES string of the molecule is CCc1cc2c(cc3n2C[C@](C)(C(=O)NC2CCCCCC2)N(Cc2ccccc2OC)C3=O)s1. The first-order valence-corrected chi connectivity index (χ1v) is 13.6. The minimum atomic E-state index is -1.02. The minimum absolute atomic E-state index is 0.0638. The van der Waals surface area contributed by atoms with Crippen molar-refractivity contribution >= 4 is 33.4 Å². The molecule has 2 amide bonds. The Bertz CT molecular complexity index is 1240. The Morgan fingerprint density at radius 1 is 1.17 bits per heavy atom. The van der Waals surface area contributed by atoms with Gasteiger partial charge < -0.3 is 19.5 Å². The highest BCUT2D eigenvalue weighted by Gasteiger charge is 2.48. The molecule has 0 spiro atoms.